The van der Waals surface area contributed by atoms with E-state index in [4.69, 9.17) is 16.3 Å². The van der Waals surface area contributed by atoms with Crippen molar-refractivity contribution in [3.63, 3.8) is 0 Å². The lowest BCUT2D eigenvalue weighted by Crippen LogP contribution is -2.38. The van der Waals surface area contributed by atoms with Gasteiger partial charge in [-0.05, 0) is 43.3 Å². The molecular weight excluding hydrogens is 524 g/mol. The van der Waals surface area contributed by atoms with Crippen LogP contribution in [0.15, 0.2) is 103 Å². The fraction of sp³-hybridized carbons (Fsp3) is 0.143. The number of amides is 1. The first-order valence-corrected chi connectivity index (χ1v) is 13.7. The molecule has 0 aliphatic heterocycles. The molecule has 1 heterocycles. The second kappa shape index (κ2) is 12.1. The number of hydrogen-bond acceptors (Lipinski definition) is 5. The van der Waals surface area contributed by atoms with Crippen LogP contribution in [0.25, 0.3) is 16.9 Å². The van der Waals surface area contributed by atoms with Gasteiger partial charge in [0.1, 0.15) is 5.75 Å². The molecule has 0 spiro atoms. The number of imidazole rings is 1. The largest absolute Gasteiger partial charge is 0.494 e. The summed E-state index contributed by atoms with van der Waals surface area (Å²) >= 11 is 5.91. The number of ether oxygens (including phenoxy) is 1. The molecule has 0 saturated heterocycles. The Balaban J connectivity index is 1.65. The molecule has 0 bridgehead atoms. The average molecular weight is 551 g/mol. The number of aromatic nitrogens is 2. The summed E-state index contributed by atoms with van der Waals surface area (Å²) in [6.45, 7) is 5.55. The van der Waals surface area contributed by atoms with Crippen LogP contribution in [0, 0.1) is 0 Å². The Morgan fingerprint density at radius 1 is 1.11 bits per heavy atom. The maximum absolute atomic E-state index is 13.2. The van der Waals surface area contributed by atoms with Crippen molar-refractivity contribution in [1.29, 1.82) is 0 Å². The molecule has 1 amide bonds. The number of sulfonamides is 1. The van der Waals surface area contributed by atoms with Gasteiger partial charge in [-0.3, -0.25) is 14.7 Å². The molecule has 0 unspecified atom stereocenters. The number of nitrogens with zero attached hydrogens (tertiary/aromatic N) is 3. The number of rotatable bonds is 11. The van der Waals surface area contributed by atoms with Gasteiger partial charge >= 0.3 is 0 Å². The Kier molecular flexibility index (Phi) is 8.62. The summed E-state index contributed by atoms with van der Waals surface area (Å²) in [4.78, 5) is 17.8. The number of nitrogens with one attached hydrogen (secondary N) is 1. The van der Waals surface area contributed by atoms with Crippen molar-refractivity contribution in [1.82, 2.24) is 13.9 Å². The van der Waals surface area contributed by atoms with E-state index in [9.17, 15) is 13.2 Å². The number of hydrogen-bond donors (Lipinski definition) is 1. The van der Waals surface area contributed by atoms with E-state index in [1.165, 1.54) is 30.3 Å². The first-order chi connectivity index (χ1) is 18.3. The van der Waals surface area contributed by atoms with E-state index in [0.717, 1.165) is 15.6 Å². The molecule has 1 N–H and O–H groups in total. The molecule has 0 atom stereocenters. The third-order valence-electron chi connectivity index (χ3n) is 5.54. The maximum Gasteiger partial charge on any atom is 0.243 e. The van der Waals surface area contributed by atoms with Gasteiger partial charge in [0.2, 0.25) is 21.9 Å². The summed E-state index contributed by atoms with van der Waals surface area (Å²) in [6, 6.07) is 22.7. The van der Waals surface area contributed by atoms with Crippen LogP contribution in [0.4, 0.5) is 5.95 Å². The highest BCUT2D eigenvalue weighted by Crippen LogP contribution is 2.26. The zero-order valence-corrected chi connectivity index (χ0v) is 22.3. The minimum atomic E-state index is -3.98. The van der Waals surface area contributed by atoms with Crippen LogP contribution in [-0.4, -0.2) is 47.9 Å². The van der Waals surface area contributed by atoms with E-state index >= 15 is 0 Å². The van der Waals surface area contributed by atoms with Crippen molar-refractivity contribution in [2.24, 2.45) is 0 Å². The van der Waals surface area contributed by atoms with Gasteiger partial charge in [0.25, 0.3) is 0 Å². The molecule has 8 nitrogen and oxygen atoms in total. The Labute approximate surface area is 227 Å². The van der Waals surface area contributed by atoms with E-state index in [1.54, 1.807) is 4.57 Å². The molecule has 0 aliphatic carbocycles. The third kappa shape index (κ3) is 6.31. The first kappa shape index (κ1) is 27.1. The van der Waals surface area contributed by atoms with Crippen molar-refractivity contribution < 1.29 is 17.9 Å². The summed E-state index contributed by atoms with van der Waals surface area (Å²) in [5.74, 6) is 0.352. The average Bonchev–Trinajstić information content (AvgIpc) is 3.33. The van der Waals surface area contributed by atoms with Crippen LogP contribution in [0.1, 0.15) is 6.92 Å². The van der Waals surface area contributed by atoms with Crippen molar-refractivity contribution in [3.05, 3.63) is 103 Å². The Morgan fingerprint density at radius 2 is 1.84 bits per heavy atom. The normalized spacial score (nSPS) is 11.3. The molecule has 0 saturated carbocycles. The zero-order valence-electron chi connectivity index (χ0n) is 20.7. The van der Waals surface area contributed by atoms with E-state index < -0.39 is 22.5 Å². The SMILES string of the molecule is C=CCN(CC(=O)Nc1nc(-c2ccccc2)cn1-c1cccc(OCC)c1)S(=O)(=O)c1ccc(Cl)cc1. The molecule has 3 aromatic carbocycles. The highest BCUT2D eigenvalue weighted by molar-refractivity contribution is 7.89. The van der Waals surface area contributed by atoms with Gasteiger partial charge in [-0.25, -0.2) is 13.4 Å². The second-order valence-electron chi connectivity index (χ2n) is 8.20. The number of benzene rings is 3. The lowest BCUT2D eigenvalue weighted by molar-refractivity contribution is -0.116. The standard InChI is InChI=1S/C28H27ClN4O4S/c1-3-17-32(38(35,36)25-15-13-22(29)14-16-25)20-27(34)31-28-30-26(21-9-6-5-7-10-21)19-33(28)23-11-8-12-24(18-23)37-4-2/h3,5-16,18-19H,1,4,17,20H2,2H3,(H,30,31,34). The summed E-state index contributed by atoms with van der Waals surface area (Å²) in [5, 5.41) is 3.19. The van der Waals surface area contributed by atoms with Crippen LogP contribution in [0.2, 0.25) is 5.02 Å². The lowest BCUT2D eigenvalue weighted by atomic mass is 10.2. The molecular formula is C28H27ClN4O4S. The fourth-order valence-electron chi connectivity index (χ4n) is 3.77. The summed E-state index contributed by atoms with van der Waals surface area (Å²) in [7, 11) is -3.98. The monoisotopic (exact) mass is 550 g/mol. The van der Waals surface area contributed by atoms with Crippen molar-refractivity contribution >= 4 is 33.5 Å². The van der Waals surface area contributed by atoms with Gasteiger partial charge in [0.05, 0.1) is 29.4 Å². The van der Waals surface area contributed by atoms with Gasteiger partial charge in [-0.15, -0.1) is 6.58 Å². The highest BCUT2D eigenvalue weighted by Gasteiger charge is 2.26. The van der Waals surface area contributed by atoms with Crippen LogP contribution in [0.3, 0.4) is 0 Å². The van der Waals surface area contributed by atoms with Crippen LogP contribution < -0.4 is 10.1 Å². The summed E-state index contributed by atoms with van der Waals surface area (Å²) < 4.78 is 34.8. The smallest absolute Gasteiger partial charge is 0.243 e. The summed E-state index contributed by atoms with van der Waals surface area (Å²) in [6.07, 6.45) is 3.23. The molecule has 4 aromatic rings. The van der Waals surface area contributed by atoms with Gasteiger partial charge in [0.15, 0.2) is 0 Å². The molecule has 38 heavy (non-hydrogen) atoms. The number of carbonyl (C=O) groups is 1. The molecule has 4 rings (SSSR count). The molecule has 0 radical (unpaired) electrons. The molecule has 0 aliphatic rings. The predicted octanol–water partition coefficient (Wildman–Crippen LogP) is 5.41. The highest BCUT2D eigenvalue weighted by atomic mass is 35.5. The minimum Gasteiger partial charge on any atom is -0.494 e. The molecule has 0 fully saturated rings. The Hall–Kier alpha value is -3.92. The molecule has 196 valence electrons. The Morgan fingerprint density at radius 3 is 2.53 bits per heavy atom. The van der Waals surface area contributed by atoms with E-state index in [2.05, 4.69) is 16.9 Å². The van der Waals surface area contributed by atoms with E-state index in [1.807, 2.05) is 67.7 Å². The van der Waals surface area contributed by atoms with Crippen molar-refractivity contribution in [2.75, 3.05) is 25.0 Å². The molecule has 1 aromatic heterocycles. The third-order valence-corrected chi connectivity index (χ3v) is 7.62. The zero-order chi connectivity index (χ0) is 27.1. The van der Waals surface area contributed by atoms with Gasteiger partial charge in [-0.1, -0.05) is 54.1 Å². The van der Waals surface area contributed by atoms with Gasteiger partial charge in [-0.2, -0.15) is 4.31 Å². The van der Waals surface area contributed by atoms with E-state index in [0.29, 0.717) is 23.1 Å². The van der Waals surface area contributed by atoms with Crippen LogP contribution in [-0.2, 0) is 14.8 Å². The minimum absolute atomic E-state index is 0.0251. The lowest BCUT2D eigenvalue weighted by Gasteiger charge is -2.20. The van der Waals surface area contributed by atoms with Crippen molar-refractivity contribution in [3.8, 4) is 22.7 Å². The van der Waals surface area contributed by atoms with Crippen molar-refractivity contribution in [2.45, 2.75) is 11.8 Å². The second-order valence-corrected chi connectivity index (χ2v) is 10.6. The molecule has 10 heteroatoms. The number of carbonyl (C=O) groups excluding carboxylic acids is 1. The first-order valence-electron chi connectivity index (χ1n) is 11.9. The van der Waals surface area contributed by atoms with Crippen LogP contribution in [0.5, 0.6) is 5.75 Å². The van der Waals surface area contributed by atoms with Crippen LogP contribution >= 0.6 is 11.6 Å². The number of anilines is 1. The van der Waals surface area contributed by atoms with Gasteiger partial charge in [0, 0.05) is 29.4 Å². The quantitative estimate of drug-likeness (QED) is 0.252. The summed E-state index contributed by atoms with van der Waals surface area (Å²) in [5.41, 5.74) is 2.22. The predicted molar refractivity (Wildman–Crippen MR) is 149 cm³/mol. The topological polar surface area (TPSA) is 93.5 Å². The number of halogens is 1. The fourth-order valence-corrected chi connectivity index (χ4v) is 5.27. The Bertz CT molecular complexity index is 1520. The maximum atomic E-state index is 13.2. The van der Waals surface area contributed by atoms with Gasteiger partial charge < -0.3 is 4.74 Å². The van der Waals surface area contributed by atoms with E-state index in [-0.39, 0.29) is 17.4 Å².